The smallest absolute Gasteiger partial charge is 0.313 e. The lowest BCUT2D eigenvalue weighted by atomic mass is 10.2. The van der Waals surface area contributed by atoms with Crippen LogP contribution in [0.2, 0.25) is 0 Å². The summed E-state index contributed by atoms with van der Waals surface area (Å²) in [5.41, 5.74) is 0.438. The highest BCUT2D eigenvalue weighted by molar-refractivity contribution is 6.39. The van der Waals surface area contributed by atoms with Gasteiger partial charge in [-0.25, -0.2) is 0 Å². The van der Waals surface area contributed by atoms with Gasteiger partial charge >= 0.3 is 11.8 Å². The summed E-state index contributed by atoms with van der Waals surface area (Å²) >= 11 is 0. The normalized spacial score (nSPS) is 12.7. The number of amides is 2. The monoisotopic (exact) mass is 266 g/mol. The summed E-state index contributed by atoms with van der Waals surface area (Å²) in [6, 6.07) is 4.87. The minimum absolute atomic E-state index is 0.0351. The van der Waals surface area contributed by atoms with E-state index in [-0.39, 0.29) is 13.2 Å². The van der Waals surface area contributed by atoms with E-state index in [9.17, 15) is 9.59 Å². The van der Waals surface area contributed by atoms with Gasteiger partial charge in [0.2, 0.25) is 0 Å². The second-order valence-electron chi connectivity index (χ2n) is 3.79. The second-order valence-corrected chi connectivity index (χ2v) is 3.79. The molecule has 0 atom stereocenters. The molecule has 0 radical (unpaired) electrons. The Balaban J connectivity index is 1.99. The summed E-state index contributed by atoms with van der Waals surface area (Å²) < 4.78 is 10.7. The zero-order valence-electron chi connectivity index (χ0n) is 10.1. The molecule has 2 rings (SSSR count). The van der Waals surface area contributed by atoms with Crippen molar-refractivity contribution in [3.8, 4) is 11.5 Å². The van der Waals surface area contributed by atoms with Crippen LogP contribution in [0.1, 0.15) is 0 Å². The molecule has 0 spiro atoms. The molecule has 1 heterocycles. The van der Waals surface area contributed by atoms with Gasteiger partial charge in [0, 0.05) is 18.3 Å². The molecule has 1 aliphatic heterocycles. The Labute approximate surface area is 109 Å². The Morgan fingerprint density at radius 1 is 1.16 bits per heavy atom. The number of hydrogen-bond donors (Lipinski definition) is 3. The number of anilines is 1. The molecule has 0 saturated carbocycles. The van der Waals surface area contributed by atoms with Crippen LogP contribution >= 0.6 is 0 Å². The van der Waals surface area contributed by atoms with Crippen LogP contribution < -0.4 is 20.1 Å². The molecule has 0 saturated heterocycles. The van der Waals surface area contributed by atoms with Gasteiger partial charge in [0.1, 0.15) is 13.2 Å². The third kappa shape index (κ3) is 3.35. The topological polar surface area (TPSA) is 96.9 Å². The van der Waals surface area contributed by atoms with Gasteiger partial charge in [-0.15, -0.1) is 0 Å². The summed E-state index contributed by atoms with van der Waals surface area (Å²) in [7, 11) is 0. The highest BCUT2D eigenvalue weighted by Gasteiger charge is 2.16. The molecule has 0 bridgehead atoms. The Hall–Kier alpha value is -2.28. The first-order chi connectivity index (χ1) is 9.20. The Kier molecular flexibility index (Phi) is 4.19. The van der Waals surface area contributed by atoms with Crippen molar-refractivity contribution in [1.29, 1.82) is 0 Å². The first kappa shape index (κ1) is 13.2. The van der Waals surface area contributed by atoms with Gasteiger partial charge in [-0.3, -0.25) is 9.59 Å². The summed E-state index contributed by atoms with van der Waals surface area (Å²) in [5, 5.41) is 13.2. The van der Waals surface area contributed by atoms with E-state index in [1.165, 1.54) is 0 Å². The van der Waals surface area contributed by atoms with E-state index in [0.29, 0.717) is 30.4 Å². The number of hydrogen-bond acceptors (Lipinski definition) is 5. The lowest BCUT2D eigenvalue weighted by Crippen LogP contribution is -2.36. The number of carbonyl (C=O) groups is 2. The third-order valence-corrected chi connectivity index (χ3v) is 2.40. The van der Waals surface area contributed by atoms with E-state index in [1.807, 2.05) is 0 Å². The quantitative estimate of drug-likeness (QED) is 0.641. The molecule has 0 unspecified atom stereocenters. The van der Waals surface area contributed by atoms with Gasteiger partial charge in [-0.1, -0.05) is 0 Å². The second kappa shape index (κ2) is 6.05. The van der Waals surface area contributed by atoms with Crippen LogP contribution in [0.3, 0.4) is 0 Å². The molecular weight excluding hydrogens is 252 g/mol. The maximum Gasteiger partial charge on any atom is 0.313 e. The predicted octanol–water partition coefficient (Wildman–Crippen LogP) is -0.495. The summed E-state index contributed by atoms with van der Waals surface area (Å²) in [4.78, 5) is 22.8. The predicted molar refractivity (Wildman–Crippen MR) is 66.2 cm³/mol. The molecule has 0 aromatic heterocycles. The standard InChI is InChI=1S/C12H14N2O5/c15-4-3-13-11(16)12(17)14-8-1-2-9-10(7-8)19-6-5-18-9/h1-2,7,15H,3-6H2,(H,13,16)(H,14,17). The van der Waals surface area contributed by atoms with E-state index < -0.39 is 11.8 Å². The Bertz CT molecular complexity index is 489. The molecule has 19 heavy (non-hydrogen) atoms. The molecule has 2 amide bonds. The number of fused-ring (bicyclic) bond motifs is 1. The molecule has 7 heteroatoms. The van der Waals surface area contributed by atoms with Crippen LogP contribution in [0.15, 0.2) is 18.2 Å². The molecule has 1 aliphatic rings. The number of carbonyl (C=O) groups excluding carboxylic acids is 2. The van der Waals surface area contributed by atoms with Crippen molar-refractivity contribution in [3.63, 3.8) is 0 Å². The molecule has 1 aromatic carbocycles. The van der Waals surface area contributed by atoms with E-state index in [1.54, 1.807) is 18.2 Å². The van der Waals surface area contributed by atoms with Crippen LogP contribution in [-0.2, 0) is 9.59 Å². The van der Waals surface area contributed by atoms with Crippen LogP contribution in [-0.4, -0.2) is 43.3 Å². The van der Waals surface area contributed by atoms with E-state index >= 15 is 0 Å². The van der Waals surface area contributed by atoms with Crippen molar-refractivity contribution in [1.82, 2.24) is 5.32 Å². The minimum atomic E-state index is -0.802. The largest absolute Gasteiger partial charge is 0.486 e. The van der Waals surface area contributed by atoms with Gasteiger partial charge < -0.3 is 25.2 Å². The van der Waals surface area contributed by atoms with E-state index in [0.717, 1.165) is 0 Å². The summed E-state index contributed by atoms with van der Waals surface area (Å²) in [6.07, 6.45) is 0. The number of benzene rings is 1. The fourth-order valence-corrected chi connectivity index (χ4v) is 1.56. The highest BCUT2D eigenvalue weighted by atomic mass is 16.6. The van der Waals surface area contributed by atoms with Gasteiger partial charge in [0.15, 0.2) is 11.5 Å². The number of aliphatic hydroxyl groups excluding tert-OH is 1. The molecule has 0 aliphatic carbocycles. The average molecular weight is 266 g/mol. The number of rotatable bonds is 3. The van der Waals surface area contributed by atoms with E-state index in [4.69, 9.17) is 14.6 Å². The lowest BCUT2D eigenvalue weighted by Gasteiger charge is -2.18. The lowest BCUT2D eigenvalue weighted by molar-refractivity contribution is -0.136. The molecule has 0 fully saturated rings. The SMILES string of the molecule is O=C(NCCO)C(=O)Nc1ccc2c(c1)OCCO2. The van der Waals surface area contributed by atoms with Gasteiger partial charge in [-0.2, -0.15) is 0 Å². The van der Waals surface area contributed by atoms with E-state index in [2.05, 4.69) is 10.6 Å². The van der Waals surface area contributed by atoms with Gasteiger partial charge in [0.25, 0.3) is 0 Å². The number of ether oxygens (including phenoxy) is 2. The Morgan fingerprint density at radius 3 is 2.63 bits per heavy atom. The molecular formula is C12H14N2O5. The van der Waals surface area contributed by atoms with Crippen molar-refractivity contribution in [2.75, 3.05) is 31.7 Å². The average Bonchev–Trinajstić information content (AvgIpc) is 2.44. The van der Waals surface area contributed by atoms with Crippen molar-refractivity contribution >= 4 is 17.5 Å². The van der Waals surface area contributed by atoms with Crippen molar-refractivity contribution in [3.05, 3.63) is 18.2 Å². The number of nitrogens with one attached hydrogen (secondary N) is 2. The van der Waals surface area contributed by atoms with Crippen LogP contribution in [0.4, 0.5) is 5.69 Å². The molecule has 102 valence electrons. The zero-order valence-corrected chi connectivity index (χ0v) is 10.1. The van der Waals surface area contributed by atoms with Crippen LogP contribution in [0.25, 0.3) is 0 Å². The molecule has 7 nitrogen and oxygen atoms in total. The highest BCUT2D eigenvalue weighted by Crippen LogP contribution is 2.32. The van der Waals surface area contributed by atoms with Crippen molar-refractivity contribution in [2.24, 2.45) is 0 Å². The third-order valence-electron chi connectivity index (χ3n) is 2.40. The van der Waals surface area contributed by atoms with Crippen LogP contribution in [0, 0.1) is 0 Å². The van der Waals surface area contributed by atoms with Gasteiger partial charge in [-0.05, 0) is 12.1 Å². The van der Waals surface area contributed by atoms with Crippen LogP contribution in [0.5, 0.6) is 11.5 Å². The first-order valence-electron chi connectivity index (χ1n) is 5.80. The fourth-order valence-electron chi connectivity index (χ4n) is 1.56. The summed E-state index contributed by atoms with van der Waals surface area (Å²) in [6.45, 7) is 0.750. The fraction of sp³-hybridized carbons (Fsp3) is 0.333. The Morgan fingerprint density at radius 2 is 1.89 bits per heavy atom. The molecule has 3 N–H and O–H groups in total. The summed E-state index contributed by atoms with van der Waals surface area (Å²) in [5.74, 6) is -0.470. The maximum atomic E-state index is 11.5. The molecule has 1 aromatic rings. The van der Waals surface area contributed by atoms with Crippen molar-refractivity contribution < 1.29 is 24.2 Å². The first-order valence-corrected chi connectivity index (χ1v) is 5.80. The van der Waals surface area contributed by atoms with Crippen molar-refractivity contribution in [2.45, 2.75) is 0 Å². The maximum absolute atomic E-state index is 11.5. The van der Waals surface area contributed by atoms with Gasteiger partial charge in [0.05, 0.1) is 6.61 Å². The minimum Gasteiger partial charge on any atom is -0.486 e. The number of aliphatic hydroxyl groups is 1. The zero-order chi connectivity index (χ0) is 13.7.